The Labute approximate surface area is 142 Å². The van der Waals surface area contributed by atoms with E-state index in [0.717, 1.165) is 0 Å². The van der Waals surface area contributed by atoms with E-state index in [4.69, 9.17) is 0 Å². The summed E-state index contributed by atoms with van der Waals surface area (Å²) in [5.74, 6) is -0.802. The zero-order chi connectivity index (χ0) is 17.8. The highest BCUT2D eigenvalue weighted by Crippen LogP contribution is 2.19. The number of nitrogens with zero attached hydrogens (tertiary/aromatic N) is 2. The topological polar surface area (TPSA) is 66.9 Å². The average Bonchev–Trinajstić information content (AvgIpc) is 2.56. The van der Waals surface area contributed by atoms with Gasteiger partial charge in [-0.1, -0.05) is 18.2 Å². The van der Waals surface area contributed by atoms with Gasteiger partial charge < -0.3 is 10.6 Å². The summed E-state index contributed by atoms with van der Waals surface area (Å²) in [5.41, 5.74) is 0.623. The molecule has 0 spiro atoms. The van der Waals surface area contributed by atoms with Gasteiger partial charge in [0.2, 0.25) is 0 Å². The largest absolute Gasteiger partial charge is 0.338 e. The van der Waals surface area contributed by atoms with Crippen LogP contribution in [-0.2, 0) is 0 Å². The van der Waals surface area contributed by atoms with Crippen molar-refractivity contribution >= 4 is 23.1 Å². The predicted molar refractivity (Wildman–Crippen MR) is 90.8 cm³/mol. The fraction of sp³-hybridized carbons (Fsp3) is 0.0556. The molecule has 2 aromatic carbocycles. The number of para-hydroxylation sites is 1. The molecule has 0 saturated carbocycles. The third-order valence-corrected chi connectivity index (χ3v) is 3.29. The first-order valence-electron chi connectivity index (χ1n) is 7.45. The maximum absolute atomic E-state index is 13.7. The van der Waals surface area contributed by atoms with Gasteiger partial charge in [0.1, 0.15) is 29.0 Å². The minimum atomic E-state index is -0.521. The number of hydrogen-bond donors (Lipinski definition) is 2. The first-order chi connectivity index (χ1) is 12.0. The highest BCUT2D eigenvalue weighted by molar-refractivity contribution is 6.03. The first-order valence-corrected chi connectivity index (χ1v) is 7.45. The Morgan fingerprint density at radius 3 is 2.56 bits per heavy atom. The van der Waals surface area contributed by atoms with Crippen molar-refractivity contribution < 1.29 is 13.6 Å². The van der Waals surface area contributed by atoms with Crippen LogP contribution in [0.4, 0.5) is 26.0 Å². The molecule has 25 heavy (non-hydrogen) atoms. The molecule has 0 radical (unpaired) electrons. The summed E-state index contributed by atoms with van der Waals surface area (Å²) in [6, 6.07) is 13.0. The Balaban J connectivity index is 1.83. The highest BCUT2D eigenvalue weighted by atomic mass is 19.1. The van der Waals surface area contributed by atoms with Gasteiger partial charge in [-0.15, -0.1) is 0 Å². The fourth-order valence-corrected chi connectivity index (χ4v) is 2.21. The smallest absolute Gasteiger partial charge is 0.274 e. The third-order valence-electron chi connectivity index (χ3n) is 3.29. The van der Waals surface area contributed by atoms with Gasteiger partial charge in [-0.25, -0.2) is 18.7 Å². The SMILES string of the molecule is Cc1nc(Nc2ccccc2F)cc(C(=O)Nc2cccc(F)c2)n1. The van der Waals surface area contributed by atoms with Gasteiger partial charge in [-0.3, -0.25) is 4.79 Å². The van der Waals surface area contributed by atoms with Crippen molar-refractivity contribution in [2.45, 2.75) is 6.92 Å². The van der Waals surface area contributed by atoms with Crippen LogP contribution in [-0.4, -0.2) is 15.9 Å². The average molecular weight is 340 g/mol. The van der Waals surface area contributed by atoms with Crippen LogP contribution in [0.2, 0.25) is 0 Å². The second kappa shape index (κ2) is 7.04. The van der Waals surface area contributed by atoms with Crippen LogP contribution in [0.5, 0.6) is 0 Å². The van der Waals surface area contributed by atoms with E-state index < -0.39 is 17.5 Å². The molecular formula is C18H14F2N4O. The van der Waals surface area contributed by atoms with Crippen molar-refractivity contribution in [3.63, 3.8) is 0 Å². The van der Waals surface area contributed by atoms with E-state index in [-0.39, 0.29) is 17.2 Å². The summed E-state index contributed by atoms with van der Waals surface area (Å²) in [7, 11) is 0. The Bertz CT molecular complexity index is 930. The number of carbonyl (C=O) groups is 1. The van der Waals surface area contributed by atoms with E-state index in [1.807, 2.05) is 0 Å². The Morgan fingerprint density at radius 2 is 1.80 bits per heavy atom. The number of aryl methyl sites for hydroxylation is 1. The second-order valence-electron chi connectivity index (χ2n) is 5.25. The number of benzene rings is 2. The van der Waals surface area contributed by atoms with E-state index in [9.17, 15) is 13.6 Å². The molecule has 0 bridgehead atoms. The van der Waals surface area contributed by atoms with Crippen LogP contribution in [0.3, 0.4) is 0 Å². The zero-order valence-corrected chi connectivity index (χ0v) is 13.3. The molecule has 0 saturated heterocycles. The Hall–Kier alpha value is -3.35. The van der Waals surface area contributed by atoms with Crippen LogP contribution >= 0.6 is 0 Å². The molecule has 126 valence electrons. The van der Waals surface area contributed by atoms with Crippen LogP contribution in [0, 0.1) is 18.6 Å². The summed E-state index contributed by atoms with van der Waals surface area (Å²) in [5, 5.41) is 5.37. The molecular weight excluding hydrogens is 326 g/mol. The molecule has 0 unspecified atom stereocenters. The minimum Gasteiger partial charge on any atom is -0.338 e. The predicted octanol–water partition coefficient (Wildman–Crippen LogP) is 4.06. The lowest BCUT2D eigenvalue weighted by Gasteiger charge is -2.10. The van der Waals surface area contributed by atoms with Crippen molar-refractivity contribution in [2.75, 3.05) is 10.6 Å². The molecule has 1 amide bonds. The fourth-order valence-electron chi connectivity index (χ4n) is 2.21. The van der Waals surface area contributed by atoms with Gasteiger partial charge in [-0.2, -0.15) is 0 Å². The van der Waals surface area contributed by atoms with Crippen LogP contribution < -0.4 is 10.6 Å². The van der Waals surface area contributed by atoms with Crippen molar-refractivity contribution in [2.24, 2.45) is 0 Å². The number of rotatable bonds is 4. The van der Waals surface area contributed by atoms with Crippen molar-refractivity contribution in [3.8, 4) is 0 Å². The summed E-state index contributed by atoms with van der Waals surface area (Å²) < 4.78 is 26.9. The molecule has 7 heteroatoms. The van der Waals surface area contributed by atoms with E-state index in [0.29, 0.717) is 11.5 Å². The third kappa shape index (κ3) is 4.14. The molecule has 0 atom stereocenters. The summed E-state index contributed by atoms with van der Waals surface area (Å²) >= 11 is 0. The lowest BCUT2D eigenvalue weighted by atomic mass is 10.2. The number of nitrogens with one attached hydrogen (secondary N) is 2. The molecule has 3 aromatic rings. The van der Waals surface area contributed by atoms with Crippen LogP contribution in [0.15, 0.2) is 54.6 Å². The molecule has 3 rings (SSSR count). The van der Waals surface area contributed by atoms with Crippen molar-refractivity contribution in [1.82, 2.24) is 9.97 Å². The number of amides is 1. The summed E-state index contributed by atoms with van der Waals surface area (Å²) in [6.45, 7) is 1.62. The van der Waals surface area contributed by atoms with E-state index in [1.165, 1.54) is 30.3 Å². The zero-order valence-electron chi connectivity index (χ0n) is 13.3. The molecule has 0 aliphatic rings. The Morgan fingerprint density at radius 1 is 1.00 bits per heavy atom. The van der Waals surface area contributed by atoms with E-state index >= 15 is 0 Å². The van der Waals surface area contributed by atoms with E-state index in [2.05, 4.69) is 20.6 Å². The molecule has 2 N–H and O–H groups in total. The lowest BCUT2D eigenvalue weighted by molar-refractivity contribution is 0.102. The van der Waals surface area contributed by atoms with Gasteiger partial charge in [0.15, 0.2) is 0 Å². The molecule has 1 heterocycles. The normalized spacial score (nSPS) is 10.4. The van der Waals surface area contributed by atoms with E-state index in [1.54, 1.807) is 31.2 Å². The maximum atomic E-state index is 13.7. The van der Waals surface area contributed by atoms with Crippen molar-refractivity contribution in [3.05, 3.63) is 77.8 Å². The number of halogens is 2. The quantitative estimate of drug-likeness (QED) is 0.752. The number of carbonyl (C=O) groups excluding carboxylic acids is 1. The van der Waals surface area contributed by atoms with Gasteiger partial charge in [-0.05, 0) is 37.3 Å². The Kier molecular flexibility index (Phi) is 4.65. The van der Waals surface area contributed by atoms with Crippen LogP contribution in [0.1, 0.15) is 16.3 Å². The number of aromatic nitrogens is 2. The van der Waals surface area contributed by atoms with Gasteiger partial charge in [0.25, 0.3) is 5.91 Å². The standard InChI is InChI=1S/C18H14F2N4O/c1-11-21-16(18(25)23-13-6-4-5-12(19)9-13)10-17(22-11)24-15-8-3-2-7-14(15)20/h2-10H,1H3,(H,23,25)(H,21,22,24). The minimum absolute atomic E-state index is 0.0793. The monoisotopic (exact) mass is 340 g/mol. The van der Waals surface area contributed by atoms with Gasteiger partial charge in [0.05, 0.1) is 5.69 Å². The molecule has 5 nitrogen and oxygen atoms in total. The summed E-state index contributed by atoms with van der Waals surface area (Å²) in [4.78, 5) is 20.5. The summed E-state index contributed by atoms with van der Waals surface area (Å²) in [6.07, 6.45) is 0. The first kappa shape index (κ1) is 16.5. The number of hydrogen-bond acceptors (Lipinski definition) is 4. The van der Waals surface area contributed by atoms with Crippen LogP contribution in [0.25, 0.3) is 0 Å². The van der Waals surface area contributed by atoms with Crippen molar-refractivity contribution in [1.29, 1.82) is 0 Å². The molecule has 0 aliphatic heterocycles. The van der Waals surface area contributed by atoms with Gasteiger partial charge >= 0.3 is 0 Å². The molecule has 1 aromatic heterocycles. The maximum Gasteiger partial charge on any atom is 0.274 e. The highest BCUT2D eigenvalue weighted by Gasteiger charge is 2.12. The number of anilines is 3. The lowest BCUT2D eigenvalue weighted by Crippen LogP contribution is -2.15. The second-order valence-corrected chi connectivity index (χ2v) is 5.25. The molecule has 0 aliphatic carbocycles. The molecule has 0 fully saturated rings. The van der Waals surface area contributed by atoms with Gasteiger partial charge in [0, 0.05) is 11.8 Å².